The molecule has 1 heteroatoms. The van der Waals surface area contributed by atoms with Gasteiger partial charge in [0.1, 0.15) is 0 Å². The Morgan fingerprint density at radius 2 is 1.65 bits per heavy atom. The molecular formula is C19H19Br. The van der Waals surface area contributed by atoms with E-state index in [1.54, 1.807) is 0 Å². The van der Waals surface area contributed by atoms with Gasteiger partial charge in [0.05, 0.1) is 0 Å². The van der Waals surface area contributed by atoms with E-state index in [1.807, 2.05) is 12.1 Å². The zero-order valence-corrected chi connectivity index (χ0v) is 13.4. The molecular weight excluding hydrogens is 308 g/mol. The summed E-state index contributed by atoms with van der Waals surface area (Å²) in [4.78, 5) is 0. The molecule has 0 amide bonds. The van der Waals surface area contributed by atoms with Crippen LogP contribution in [0.2, 0.25) is 0 Å². The van der Waals surface area contributed by atoms with E-state index in [0.717, 1.165) is 10.9 Å². The number of benzene rings is 2. The molecule has 0 N–H and O–H groups in total. The van der Waals surface area contributed by atoms with Gasteiger partial charge in [0.15, 0.2) is 0 Å². The lowest BCUT2D eigenvalue weighted by Gasteiger charge is -2.01. The van der Waals surface area contributed by atoms with Crippen molar-refractivity contribution in [2.24, 2.45) is 0 Å². The van der Waals surface area contributed by atoms with Crippen LogP contribution < -0.4 is 0 Å². The molecule has 20 heavy (non-hydrogen) atoms. The molecule has 2 aromatic rings. The van der Waals surface area contributed by atoms with Gasteiger partial charge in [-0.15, -0.1) is 5.73 Å². The molecule has 0 bridgehead atoms. The molecule has 0 aromatic heterocycles. The van der Waals surface area contributed by atoms with Crippen LogP contribution in [-0.2, 0) is 0 Å². The van der Waals surface area contributed by atoms with Crippen LogP contribution in [0, 0.1) is 0 Å². The van der Waals surface area contributed by atoms with Gasteiger partial charge in [-0.25, -0.2) is 0 Å². The summed E-state index contributed by atoms with van der Waals surface area (Å²) in [5.74, 6) is 0. The quantitative estimate of drug-likeness (QED) is 0.555. The standard InChI is InChI=1S/C19H19Br/c1-2-3-9-19(20)15-12-16-10-13-18(14-11-16)17-7-5-4-6-8-17/h4-8,10-14H,2-3,9H2,1H3. The van der Waals surface area contributed by atoms with Crippen LogP contribution in [0.1, 0.15) is 31.7 Å². The van der Waals surface area contributed by atoms with Crippen molar-refractivity contribution in [3.05, 3.63) is 70.4 Å². The van der Waals surface area contributed by atoms with Crippen LogP contribution in [0.4, 0.5) is 0 Å². The van der Waals surface area contributed by atoms with Gasteiger partial charge in [-0.3, -0.25) is 0 Å². The van der Waals surface area contributed by atoms with Crippen molar-refractivity contribution in [3.63, 3.8) is 0 Å². The van der Waals surface area contributed by atoms with Crippen LogP contribution in [0.15, 0.2) is 64.8 Å². The zero-order valence-electron chi connectivity index (χ0n) is 11.8. The fraction of sp³-hybridized carbons (Fsp3) is 0.211. The summed E-state index contributed by atoms with van der Waals surface area (Å²) in [6.07, 6.45) is 5.51. The molecule has 0 unspecified atom stereocenters. The average Bonchev–Trinajstić information content (AvgIpc) is 2.52. The van der Waals surface area contributed by atoms with E-state index in [0.29, 0.717) is 0 Å². The van der Waals surface area contributed by atoms with Gasteiger partial charge in [-0.2, -0.15) is 0 Å². The maximum absolute atomic E-state index is 3.56. The largest absolute Gasteiger partial charge is 0.109 e. The molecule has 0 nitrogen and oxygen atoms in total. The molecule has 0 spiro atoms. The second-order valence-electron chi connectivity index (χ2n) is 4.79. The van der Waals surface area contributed by atoms with Gasteiger partial charge in [-0.1, -0.05) is 67.9 Å². The highest BCUT2D eigenvalue weighted by Gasteiger charge is 1.95. The van der Waals surface area contributed by atoms with E-state index in [4.69, 9.17) is 0 Å². The van der Waals surface area contributed by atoms with Gasteiger partial charge in [0.25, 0.3) is 0 Å². The third-order valence-electron chi connectivity index (χ3n) is 3.16. The lowest BCUT2D eigenvalue weighted by atomic mass is 10.0. The second kappa shape index (κ2) is 7.89. The fourth-order valence-electron chi connectivity index (χ4n) is 1.97. The Morgan fingerprint density at radius 3 is 2.30 bits per heavy atom. The second-order valence-corrected chi connectivity index (χ2v) is 5.74. The van der Waals surface area contributed by atoms with E-state index < -0.39 is 0 Å². The normalized spacial score (nSPS) is 9.90. The monoisotopic (exact) mass is 326 g/mol. The Bertz CT molecular complexity index is 587. The predicted octanol–water partition coefficient (Wildman–Crippen LogP) is 6.43. The summed E-state index contributed by atoms with van der Waals surface area (Å²) in [6, 6.07) is 19.0. The summed E-state index contributed by atoms with van der Waals surface area (Å²) in [5, 5.41) is 0. The third-order valence-corrected chi connectivity index (χ3v) is 3.79. The molecule has 0 saturated heterocycles. The molecule has 0 aliphatic carbocycles. The molecule has 2 aromatic carbocycles. The first-order valence-electron chi connectivity index (χ1n) is 7.06. The highest BCUT2D eigenvalue weighted by Crippen LogP contribution is 2.20. The number of rotatable bonds is 5. The van der Waals surface area contributed by atoms with Crippen molar-refractivity contribution in [2.45, 2.75) is 26.2 Å². The lowest BCUT2D eigenvalue weighted by Crippen LogP contribution is -1.77. The zero-order chi connectivity index (χ0) is 14.2. The average molecular weight is 327 g/mol. The Hall–Kier alpha value is -1.56. The molecule has 0 heterocycles. The van der Waals surface area contributed by atoms with E-state index in [1.165, 1.54) is 29.5 Å². The molecule has 0 atom stereocenters. The summed E-state index contributed by atoms with van der Waals surface area (Å²) >= 11 is 3.56. The van der Waals surface area contributed by atoms with Crippen molar-refractivity contribution < 1.29 is 0 Å². The Labute approximate surface area is 130 Å². The van der Waals surface area contributed by atoms with Crippen molar-refractivity contribution >= 4 is 22.0 Å². The summed E-state index contributed by atoms with van der Waals surface area (Å²) in [5.41, 5.74) is 6.98. The first-order valence-corrected chi connectivity index (χ1v) is 7.85. The van der Waals surface area contributed by atoms with Crippen molar-refractivity contribution in [2.75, 3.05) is 0 Å². The predicted molar refractivity (Wildman–Crippen MR) is 91.8 cm³/mol. The van der Waals surface area contributed by atoms with E-state index in [9.17, 15) is 0 Å². The highest BCUT2D eigenvalue weighted by atomic mass is 79.9. The van der Waals surface area contributed by atoms with Crippen LogP contribution in [-0.4, -0.2) is 0 Å². The van der Waals surface area contributed by atoms with Gasteiger partial charge >= 0.3 is 0 Å². The third kappa shape index (κ3) is 4.52. The van der Waals surface area contributed by atoms with Gasteiger partial charge < -0.3 is 0 Å². The van der Waals surface area contributed by atoms with E-state index in [2.05, 4.69) is 77.1 Å². The minimum atomic E-state index is 1.06. The summed E-state index contributed by atoms with van der Waals surface area (Å²) in [7, 11) is 0. The van der Waals surface area contributed by atoms with Gasteiger partial charge in [0, 0.05) is 4.48 Å². The lowest BCUT2D eigenvalue weighted by molar-refractivity contribution is 0.811. The molecule has 0 aliphatic heterocycles. The number of hydrogen-bond donors (Lipinski definition) is 0. The number of allylic oxidation sites excluding steroid dienone is 1. The topological polar surface area (TPSA) is 0 Å². The molecule has 0 saturated carbocycles. The minimum absolute atomic E-state index is 1.06. The van der Waals surface area contributed by atoms with E-state index in [-0.39, 0.29) is 0 Å². The Kier molecular flexibility index (Phi) is 5.86. The summed E-state index contributed by atoms with van der Waals surface area (Å²) < 4.78 is 1.14. The van der Waals surface area contributed by atoms with Crippen molar-refractivity contribution in [1.82, 2.24) is 0 Å². The Balaban J connectivity index is 2.11. The van der Waals surface area contributed by atoms with Crippen molar-refractivity contribution in [1.29, 1.82) is 0 Å². The van der Waals surface area contributed by atoms with E-state index >= 15 is 0 Å². The maximum Gasteiger partial charge on any atom is 0.0368 e. The summed E-state index contributed by atoms with van der Waals surface area (Å²) in [6.45, 7) is 2.20. The van der Waals surface area contributed by atoms with Gasteiger partial charge in [-0.05, 0) is 51.5 Å². The molecule has 0 fully saturated rings. The number of hydrogen-bond acceptors (Lipinski definition) is 0. The van der Waals surface area contributed by atoms with Gasteiger partial charge in [0.2, 0.25) is 0 Å². The number of unbranched alkanes of at least 4 members (excludes halogenated alkanes) is 1. The first kappa shape index (κ1) is 14.8. The number of halogens is 1. The molecule has 0 radical (unpaired) electrons. The molecule has 0 aliphatic rings. The van der Waals surface area contributed by atoms with Crippen molar-refractivity contribution in [3.8, 4) is 11.1 Å². The fourth-order valence-corrected chi connectivity index (χ4v) is 2.36. The van der Waals surface area contributed by atoms with Crippen LogP contribution >= 0.6 is 15.9 Å². The first-order chi connectivity index (χ1) is 9.79. The molecule has 102 valence electrons. The minimum Gasteiger partial charge on any atom is -0.109 e. The smallest absolute Gasteiger partial charge is 0.0368 e. The SMILES string of the molecule is CCCCC(Br)=C=Cc1ccc(-c2ccccc2)cc1. The molecule has 2 rings (SSSR count). The highest BCUT2D eigenvalue weighted by molar-refractivity contribution is 9.11. The van der Waals surface area contributed by atoms with Crippen LogP contribution in [0.5, 0.6) is 0 Å². The van der Waals surface area contributed by atoms with Crippen LogP contribution in [0.3, 0.4) is 0 Å². The van der Waals surface area contributed by atoms with Crippen LogP contribution in [0.25, 0.3) is 17.2 Å². The Morgan fingerprint density at radius 1 is 1.00 bits per heavy atom. The maximum atomic E-state index is 3.56.